The summed E-state index contributed by atoms with van der Waals surface area (Å²) in [6.45, 7) is 2.13. The van der Waals surface area contributed by atoms with E-state index in [0.29, 0.717) is 17.5 Å². The standard InChI is InChI=1S/C13H17N5O/c1-18-7-4-9(5-8-18)15-12-10-3-2-6-14-11(10)16-13(19)17-12/h2-3,6,9H,4-5,7-8H2,1H3,(H2,14,15,16,17,19). The third-order valence-corrected chi connectivity index (χ3v) is 3.56. The van der Waals surface area contributed by atoms with Gasteiger partial charge in [0, 0.05) is 12.2 Å². The molecule has 1 saturated heterocycles. The number of pyridine rings is 1. The summed E-state index contributed by atoms with van der Waals surface area (Å²) in [5, 5.41) is 4.25. The van der Waals surface area contributed by atoms with Crippen LogP contribution in [0.3, 0.4) is 0 Å². The number of rotatable bonds is 2. The molecule has 100 valence electrons. The number of likely N-dealkylation sites (tertiary alicyclic amines) is 1. The van der Waals surface area contributed by atoms with Gasteiger partial charge in [-0.05, 0) is 45.1 Å². The second kappa shape index (κ2) is 4.97. The Bertz CT molecular complexity index is 630. The molecule has 3 heterocycles. The summed E-state index contributed by atoms with van der Waals surface area (Å²) in [6, 6.07) is 4.14. The zero-order valence-corrected chi connectivity index (χ0v) is 10.9. The lowest BCUT2D eigenvalue weighted by molar-refractivity contribution is 0.263. The van der Waals surface area contributed by atoms with Crippen molar-refractivity contribution in [3.05, 3.63) is 28.8 Å². The molecule has 1 fully saturated rings. The number of H-pyrrole nitrogens is 1. The number of hydrogen-bond acceptors (Lipinski definition) is 5. The highest BCUT2D eigenvalue weighted by atomic mass is 16.1. The van der Waals surface area contributed by atoms with Gasteiger partial charge in [0.25, 0.3) is 0 Å². The summed E-state index contributed by atoms with van der Waals surface area (Å²) in [4.78, 5) is 24.7. The first-order valence-electron chi connectivity index (χ1n) is 6.52. The van der Waals surface area contributed by atoms with Gasteiger partial charge in [0.1, 0.15) is 11.5 Å². The Hall–Kier alpha value is -1.95. The highest BCUT2D eigenvalue weighted by Crippen LogP contribution is 2.19. The monoisotopic (exact) mass is 259 g/mol. The molecule has 0 saturated carbocycles. The van der Waals surface area contributed by atoms with Crippen LogP contribution in [0.4, 0.5) is 5.82 Å². The summed E-state index contributed by atoms with van der Waals surface area (Å²) < 4.78 is 0. The average Bonchev–Trinajstić information content (AvgIpc) is 2.41. The van der Waals surface area contributed by atoms with Crippen molar-refractivity contribution in [3.63, 3.8) is 0 Å². The van der Waals surface area contributed by atoms with Crippen molar-refractivity contribution < 1.29 is 0 Å². The van der Waals surface area contributed by atoms with Crippen molar-refractivity contribution >= 4 is 16.9 Å². The van der Waals surface area contributed by atoms with Crippen molar-refractivity contribution in [3.8, 4) is 0 Å². The van der Waals surface area contributed by atoms with Crippen molar-refractivity contribution in [1.82, 2.24) is 19.9 Å². The number of nitrogens with one attached hydrogen (secondary N) is 2. The van der Waals surface area contributed by atoms with Gasteiger partial charge in [-0.15, -0.1) is 0 Å². The Morgan fingerprint density at radius 2 is 2.21 bits per heavy atom. The Balaban J connectivity index is 1.90. The minimum atomic E-state index is -0.360. The summed E-state index contributed by atoms with van der Waals surface area (Å²) >= 11 is 0. The Labute approximate surface area is 110 Å². The normalized spacial score (nSPS) is 17.7. The molecule has 2 N–H and O–H groups in total. The van der Waals surface area contributed by atoms with E-state index in [9.17, 15) is 4.79 Å². The fourth-order valence-electron chi connectivity index (χ4n) is 2.44. The number of aromatic nitrogens is 3. The summed E-state index contributed by atoms with van der Waals surface area (Å²) in [6.07, 6.45) is 3.79. The molecule has 0 bridgehead atoms. The Kier molecular flexibility index (Phi) is 3.16. The molecule has 6 heteroatoms. The van der Waals surface area contributed by atoms with Crippen LogP contribution in [0, 0.1) is 0 Å². The first kappa shape index (κ1) is 12.1. The van der Waals surface area contributed by atoms with Crippen LogP contribution in [0.25, 0.3) is 11.0 Å². The van der Waals surface area contributed by atoms with E-state index in [0.717, 1.165) is 31.3 Å². The lowest BCUT2D eigenvalue weighted by atomic mass is 10.1. The first-order chi connectivity index (χ1) is 9.22. The van der Waals surface area contributed by atoms with E-state index < -0.39 is 0 Å². The molecule has 6 nitrogen and oxygen atoms in total. The molecular formula is C13H17N5O. The van der Waals surface area contributed by atoms with Crippen LogP contribution >= 0.6 is 0 Å². The van der Waals surface area contributed by atoms with Gasteiger partial charge in [-0.2, -0.15) is 4.98 Å². The highest BCUT2D eigenvalue weighted by Gasteiger charge is 2.18. The highest BCUT2D eigenvalue weighted by molar-refractivity contribution is 5.85. The molecule has 0 aliphatic carbocycles. The molecule has 0 amide bonds. The van der Waals surface area contributed by atoms with Crippen LogP contribution in [0.2, 0.25) is 0 Å². The molecule has 0 spiro atoms. The molecule has 1 aliphatic rings. The van der Waals surface area contributed by atoms with E-state index in [-0.39, 0.29) is 5.69 Å². The molecule has 19 heavy (non-hydrogen) atoms. The fourth-order valence-corrected chi connectivity index (χ4v) is 2.44. The quantitative estimate of drug-likeness (QED) is 0.835. The van der Waals surface area contributed by atoms with Gasteiger partial charge in [-0.1, -0.05) is 0 Å². The molecule has 0 radical (unpaired) electrons. The molecular weight excluding hydrogens is 242 g/mol. The van der Waals surface area contributed by atoms with E-state index in [4.69, 9.17) is 0 Å². The SMILES string of the molecule is CN1CCC(Nc2nc(=O)[nH]c3ncccc23)CC1. The van der Waals surface area contributed by atoms with E-state index >= 15 is 0 Å². The lowest BCUT2D eigenvalue weighted by Crippen LogP contribution is -2.37. The number of anilines is 1. The van der Waals surface area contributed by atoms with Crippen LogP contribution in [-0.2, 0) is 0 Å². The average molecular weight is 259 g/mol. The minimum Gasteiger partial charge on any atom is -0.366 e. The van der Waals surface area contributed by atoms with Crippen LogP contribution in [0.1, 0.15) is 12.8 Å². The second-order valence-electron chi connectivity index (χ2n) is 5.01. The van der Waals surface area contributed by atoms with Crippen LogP contribution in [0.15, 0.2) is 23.1 Å². The summed E-state index contributed by atoms with van der Waals surface area (Å²) in [7, 11) is 2.13. The molecule has 0 atom stereocenters. The van der Waals surface area contributed by atoms with Crippen molar-refractivity contribution in [2.45, 2.75) is 18.9 Å². The van der Waals surface area contributed by atoms with E-state index in [2.05, 4.69) is 32.2 Å². The molecule has 2 aromatic heterocycles. The zero-order chi connectivity index (χ0) is 13.2. The summed E-state index contributed by atoms with van der Waals surface area (Å²) in [5.74, 6) is 0.640. The van der Waals surface area contributed by atoms with E-state index in [1.54, 1.807) is 6.20 Å². The zero-order valence-electron chi connectivity index (χ0n) is 10.9. The Morgan fingerprint density at radius 1 is 1.42 bits per heavy atom. The number of nitrogens with zero attached hydrogens (tertiary/aromatic N) is 3. The van der Waals surface area contributed by atoms with Crippen molar-refractivity contribution in [2.24, 2.45) is 0 Å². The van der Waals surface area contributed by atoms with Gasteiger partial charge in [0.05, 0.1) is 5.39 Å². The predicted octanol–water partition coefficient (Wildman–Crippen LogP) is 0.824. The van der Waals surface area contributed by atoms with E-state index in [1.165, 1.54) is 0 Å². The maximum atomic E-state index is 11.5. The van der Waals surface area contributed by atoms with Gasteiger partial charge < -0.3 is 10.2 Å². The number of fused-ring (bicyclic) bond motifs is 1. The van der Waals surface area contributed by atoms with E-state index in [1.807, 2.05) is 12.1 Å². The molecule has 2 aromatic rings. The molecule has 3 rings (SSSR count). The largest absolute Gasteiger partial charge is 0.366 e. The van der Waals surface area contributed by atoms with Crippen LogP contribution in [-0.4, -0.2) is 46.0 Å². The van der Waals surface area contributed by atoms with Gasteiger partial charge >= 0.3 is 5.69 Å². The van der Waals surface area contributed by atoms with Gasteiger partial charge in [0.15, 0.2) is 0 Å². The minimum absolute atomic E-state index is 0.360. The molecule has 0 unspecified atom stereocenters. The molecule has 0 aromatic carbocycles. The Morgan fingerprint density at radius 3 is 3.00 bits per heavy atom. The number of hydrogen-bond donors (Lipinski definition) is 2. The topological polar surface area (TPSA) is 73.9 Å². The third kappa shape index (κ3) is 2.58. The van der Waals surface area contributed by atoms with Crippen LogP contribution in [0.5, 0.6) is 0 Å². The maximum Gasteiger partial charge on any atom is 0.348 e. The first-order valence-corrected chi connectivity index (χ1v) is 6.52. The van der Waals surface area contributed by atoms with Gasteiger partial charge in [-0.25, -0.2) is 9.78 Å². The second-order valence-corrected chi connectivity index (χ2v) is 5.01. The number of aromatic amines is 1. The maximum absolute atomic E-state index is 11.5. The lowest BCUT2D eigenvalue weighted by Gasteiger charge is -2.29. The smallest absolute Gasteiger partial charge is 0.348 e. The summed E-state index contributed by atoms with van der Waals surface area (Å²) in [5.41, 5.74) is 0.222. The fraction of sp³-hybridized carbons (Fsp3) is 0.462. The van der Waals surface area contributed by atoms with Gasteiger partial charge in [-0.3, -0.25) is 4.98 Å². The van der Waals surface area contributed by atoms with Crippen molar-refractivity contribution in [1.29, 1.82) is 0 Å². The van der Waals surface area contributed by atoms with Crippen LogP contribution < -0.4 is 11.0 Å². The number of piperidine rings is 1. The van der Waals surface area contributed by atoms with Gasteiger partial charge in [0.2, 0.25) is 0 Å². The molecule has 1 aliphatic heterocycles. The predicted molar refractivity (Wildman–Crippen MR) is 74.3 cm³/mol. The van der Waals surface area contributed by atoms with Crippen molar-refractivity contribution in [2.75, 3.05) is 25.5 Å². The third-order valence-electron chi connectivity index (χ3n) is 3.56.